The standard InChI is InChI=1S/C23H32FN5O4/c1-27-17-11-18(28-12-23(13-28)7-4-14(5-8-23)21(32-2)33-3)16(24)10-15(17)20(26-27)29-9-6-19(30)25-22(29)31/h10-11,14,21-22,31H,4-9,12-13H2,1-3H3,(H,25,30). The number of hydrogen-bond donors (Lipinski definition) is 2. The summed E-state index contributed by atoms with van der Waals surface area (Å²) in [5, 5.41) is 17.9. The molecule has 1 atom stereocenters. The average molecular weight is 462 g/mol. The van der Waals surface area contributed by atoms with Crippen LogP contribution in [0, 0.1) is 17.2 Å². The van der Waals surface area contributed by atoms with Crippen LogP contribution in [0.2, 0.25) is 0 Å². The largest absolute Gasteiger partial charge is 0.368 e. The van der Waals surface area contributed by atoms with Gasteiger partial charge >= 0.3 is 0 Å². The fourth-order valence-corrected chi connectivity index (χ4v) is 5.82. The molecule has 180 valence electrons. The van der Waals surface area contributed by atoms with Gasteiger partial charge in [0, 0.05) is 64.0 Å². The van der Waals surface area contributed by atoms with E-state index in [0.717, 1.165) is 44.3 Å². The molecule has 1 saturated carbocycles. The Bertz CT molecular complexity index is 1040. The summed E-state index contributed by atoms with van der Waals surface area (Å²) in [6.07, 6.45) is 3.23. The number of carbonyl (C=O) groups is 1. The summed E-state index contributed by atoms with van der Waals surface area (Å²) >= 11 is 0. The highest BCUT2D eigenvalue weighted by molar-refractivity contribution is 5.94. The number of ether oxygens (including phenoxy) is 2. The number of hydrogen-bond acceptors (Lipinski definition) is 7. The van der Waals surface area contributed by atoms with Crippen LogP contribution in [0.4, 0.5) is 15.9 Å². The molecule has 2 saturated heterocycles. The number of anilines is 2. The molecule has 1 spiro atoms. The Kier molecular flexibility index (Phi) is 5.70. The van der Waals surface area contributed by atoms with Gasteiger partial charge < -0.3 is 29.7 Å². The second kappa shape index (κ2) is 8.41. The van der Waals surface area contributed by atoms with E-state index in [-0.39, 0.29) is 29.9 Å². The van der Waals surface area contributed by atoms with Gasteiger partial charge in [-0.3, -0.25) is 9.48 Å². The Balaban J connectivity index is 1.32. The molecule has 10 heteroatoms. The SMILES string of the molecule is COC(OC)C1CCC2(CC1)CN(c1cc3c(cc1F)c(N1CCC(=O)NC1O)nn3C)C2. The van der Waals surface area contributed by atoms with E-state index in [2.05, 4.69) is 15.3 Å². The topological polar surface area (TPSA) is 92.1 Å². The lowest BCUT2D eigenvalue weighted by Gasteiger charge is -2.55. The minimum Gasteiger partial charge on any atom is -0.368 e. The number of rotatable bonds is 5. The van der Waals surface area contributed by atoms with Gasteiger partial charge in [-0.05, 0) is 37.8 Å². The molecule has 9 nitrogen and oxygen atoms in total. The van der Waals surface area contributed by atoms with Crippen molar-refractivity contribution in [1.29, 1.82) is 0 Å². The number of aromatic nitrogens is 2. The number of amides is 1. The number of aryl methyl sites for hydroxylation is 1. The molecule has 2 aliphatic heterocycles. The number of fused-ring (bicyclic) bond motifs is 1. The highest BCUT2D eigenvalue weighted by Crippen LogP contribution is 2.49. The predicted molar refractivity (Wildman–Crippen MR) is 121 cm³/mol. The van der Waals surface area contributed by atoms with E-state index in [9.17, 15) is 9.90 Å². The highest BCUT2D eigenvalue weighted by atomic mass is 19.1. The summed E-state index contributed by atoms with van der Waals surface area (Å²) in [5.41, 5.74) is 1.61. The van der Waals surface area contributed by atoms with E-state index in [0.29, 0.717) is 29.4 Å². The first kappa shape index (κ1) is 22.4. The minimum absolute atomic E-state index is 0.149. The zero-order valence-corrected chi connectivity index (χ0v) is 19.4. The molecule has 2 N–H and O–H groups in total. The molecule has 2 aromatic rings. The quantitative estimate of drug-likeness (QED) is 0.658. The normalized spacial score (nSPS) is 23.5. The van der Waals surface area contributed by atoms with Gasteiger partial charge in [0.2, 0.25) is 12.3 Å². The van der Waals surface area contributed by atoms with E-state index in [4.69, 9.17) is 9.47 Å². The number of halogens is 1. The maximum atomic E-state index is 15.3. The molecular formula is C23H32FN5O4. The molecular weight excluding hydrogens is 429 g/mol. The molecule has 1 aromatic carbocycles. The Hall–Kier alpha value is -2.43. The van der Waals surface area contributed by atoms with E-state index >= 15 is 4.39 Å². The van der Waals surface area contributed by atoms with Crippen molar-refractivity contribution in [2.24, 2.45) is 18.4 Å². The van der Waals surface area contributed by atoms with Crippen LogP contribution in [0.3, 0.4) is 0 Å². The van der Waals surface area contributed by atoms with Crippen LogP contribution < -0.4 is 15.1 Å². The van der Waals surface area contributed by atoms with Crippen LogP contribution in [0.25, 0.3) is 10.9 Å². The van der Waals surface area contributed by atoms with Crippen LogP contribution in [-0.4, -0.2) is 67.3 Å². The summed E-state index contributed by atoms with van der Waals surface area (Å²) < 4.78 is 27.8. The molecule has 3 fully saturated rings. The van der Waals surface area contributed by atoms with Crippen LogP contribution in [0.1, 0.15) is 32.1 Å². The van der Waals surface area contributed by atoms with Gasteiger partial charge in [-0.15, -0.1) is 0 Å². The van der Waals surface area contributed by atoms with Gasteiger partial charge in [-0.25, -0.2) is 4.39 Å². The third kappa shape index (κ3) is 3.83. The molecule has 3 heterocycles. The number of nitrogens with zero attached hydrogens (tertiary/aromatic N) is 4. The molecule has 3 aliphatic rings. The second-order valence-electron chi connectivity index (χ2n) is 9.69. The first-order valence-corrected chi connectivity index (χ1v) is 11.5. The molecule has 0 radical (unpaired) electrons. The fourth-order valence-electron chi connectivity index (χ4n) is 5.82. The van der Waals surface area contributed by atoms with E-state index in [1.54, 1.807) is 23.8 Å². The van der Waals surface area contributed by atoms with Gasteiger partial charge in [0.15, 0.2) is 12.1 Å². The van der Waals surface area contributed by atoms with E-state index < -0.39 is 6.35 Å². The zero-order valence-electron chi connectivity index (χ0n) is 19.4. The van der Waals surface area contributed by atoms with Crippen molar-refractivity contribution in [1.82, 2.24) is 15.1 Å². The first-order chi connectivity index (χ1) is 15.8. The van der Waals surface area contributed by atoms with Gasteiger partial charge in [0.1, 0.15) is 5.82 Å². The highest BCUT2D eigenvalue weighted by Gasteiger charge is 2.47. The zero-order chi connectivity index (χ0) is 23.3. The van der Waals surface area contributed by atoms with Crippen molar-refractivity contribution < 1.29 is 23.8 Å². The monoisotopic (exact) mass is 461 g/mol. The molecule has 0 bridgehead atoms. The maximum absolute atomic E-state index is 15.3. The third-order valence-corrected chi connectivity index (χ3v) is 7.67. The smallest absolute Gasteiger partial charge is 0.225 e. The van der Waals surface area contributed by atoms with Crippen molar-refractivity contribution in [3.05, 3.63) is 17.9 Å². The summed E-state index contributed by atoms with van der Waals surface area (Å²) in [7, 11) is 5.19. The average Bonchev–Trinajstić information content (AvgIpc) is 3.08. The Morgan fingerprint density at radius 3 is 2.58 bits per heavy atom. The first-order valence-electron chi connectivity index (χ1n) is 11.5. The number of aliphatic hydroxyl groups excluding tert-OH is 1. The van der Waals surface area contributed by atoms with Gasteiger partial charge in [-0.1, -0.05) is 0 Å². The third-order valence-electron chi connectivity index (χ3n) is 7.67. The number of benzene rings is 1. The van der Waals surface area contributed by atoms with Crippen LogP contribution in [0.15, 0.2) is 12.1 Å². The number of nitrogens with one attached hydrogen (secondary N) is 1. The summed E-state index contributed by atoms with van der Waals surface area (Å²) in [4.78, 5) is 15.2. The summed E-state index contributed by atoms with van der Waals surface area (Å²) in [6.45, 7) is 2.01. The van der Waals surface area contributed by atoms with E-state index in [1.165, 1.54) is 6.07 Å². The predicted octanol–water partition coefficient (Wildman–Crippen LogP) is 1.93. The fraction of sp³-hybridized carbons (Fsp3) is 0.652. The Morgan fingerprint density at radius 2 is 1.94 bits per heavy atom. The van der Waals surface area contributed by atoms with Crippen molar-refractivity contribution in [2.75, 3.05) is 43.7 Å². The van der Waals surface area contributed by atoms with Crippen molar-refractivity contribution >= 4 is 28.3 Å². The second-order valence-corrected chi connectivity index (χ2v) is 9.69. The molecule has 1 unspecified atom stereocenters. The molecule has 1 aromatic heterocycles. The minimum atomic E-state index is -1.17. The maximum Gasteiger partial charge on any atom is 0.225 e. The Labute approximate surface area is 192 Å². The summed E-state index contributed by atoms with van der Waals surface area (Å²) in [5.74, 6) is 0.369. The number of carbonyl (C=O) groups excluding carboxylic acids is 1. The van der Waals surface area contributed by atoms with Gasteiger partial charge in [-0.2, -0.15) is 5.10 Å². The van der Waals surface area contributed by atoms with Crippen LogP contribution >= 0.6 is 0 Å². The van der Waals surface area contributed by atoms with Crippen molar-refractivity contribution in [2.45, 2.75) is 44.7 Å². The van der Waals surface area contributed by atoms with Crippen molar-refractivity contribution in [3.8, 4) is 0 Å². The van der Waals surface area contributed by atoms with E-state index in [1.807, 2.05) is 13.1 Å². The van der Waals surface area contributed by atoms with Gasteiger partial charge in [0.05, 0.1) is 11.2 Å². The number of methoxy groups -OCH3 is 2. The molecule has 33 heavy (non-hydrogen) atoms. The van der Waals surface area contributed by atoms with Crippen LogP contribution in [0.5, 0.6) is 0 Å². The summed E-state index contributed by atoms with van der Waals surface area (Å²) in [6, 6.07) is 3.35. The Morgan fingerprint density at radius 1 is 1.24 bits per heavy atom. The molecule has 5 rings (SSSR count). The molecule has 1 aliphatic carbocycles. The van der Waals surface area contributed by atoms with Gasteiger partial charge in [0.25, 0.3) is 0 Å². The molecule has 1 amide bonds. The lowest BCUT2D eigenvalue weighted by molar-refractivity contribution is -0.150. The number of aliphatic hydroxyl groups is 1. The lowest BCUT2D eigenvalue weighted by Crippen LogP contribution is -2.58. The van der Waals surface area contributed by atoms with Crippen LogP contribution in [-0.2, 0) is 21.3 Å². The van der Waals surface area contributed by atoms with Crippen molar-refractivity contribution in [3.63, 3.8) is 0 Å². The lowest BCUT2D eigenvalue weighted by atomic mass is 9.65.